The minimum Gasteiger partial charge on any atom is -0.453 e. The van der Waals surface area contributed by atoms with E-state index in [0.717, 1.165) is 0 Å². The van der Waals surface area contributed by atoms with Crippen LogP contribution in [0.25, 0.3) is 0 Å². The average Bonchev–Trinajstić information content (AvgIpc) is 1.86. The second kappa shape index (κ2) is 5.75. The third-order valence-corrected chi connectivity index (χ3v) is 0.750. The maximum absolute atomic E-state index is 10.7. The van der Waals surface area contributed by atoms with Crippen molar-refractivity contribution >= 4 is 5.97 Å². The van der Waals surface area contributed by atoms with Gasteiger partial charge >= 0.3 is 5.97 Å². The molecule has 0 radical (unpaired) electrons. The lowest BCUT2D eigenvalue weighted by molar-refractivity contribution is -0.140. The molecule has 0 aliphatic heterocycles. The zero-order valence-corrected chi connectivity index (χ0v) is 7.01. The Morgan fingerprint density at radius 2 is 2.18 bits per heavy atom. The third-order valence-electron chi connectivity index (χ3n) is 0.750. The number of carbonyl (C=O) groups excluding carboxylic acids is 1. The van der Waals surface area contributed by atoms with E-state index in [-0.39, 0.29) is 12.7 Å². The molecule has 0 aliphatic rings. The number of esters is 1. The van der Waals surface area contributed by atoms with E-state index in [0.29, 0.717) is 0 Å². The van der Waals surface area contributed by atoms with Gasteiger partial charge in [0, 0.05) is 13.0 Å². The second-order valence-corrected chi connectivity index (χ2v) is 2.19. The molecule has 0 bridgehead atoms. The minimum absolute atomic E-state index is 0.112. The van der Waals surface area contributed by atoms with Crippen molar-refractivity contribution in [2.45, 2.75) is 20.0 Å². The summed E-state index contributed by atoms with van der Waals surface area (Å²) in [5.74, 6) is 4.27. The van der Waals surface area contributed by atoms with E-state index in [2.05, 4.69) is 16.6 Å². The summed E-state index contributed by atoms with van der Waals surface area (Å²) in [5.41, 5.74) is 0. The Hall–Kier alpha value is -1.01. The van der Waals surface area contributed by atoms with E-state index >= 15 is 0 Å². The van der Waals surface area contributed by atoms with Crippen molar-refractivity contribution in [2.75, 3.05) is 13.7 Å². The van der Waals surface area contributed by atoms with Gasteiger partial charge in [0.2, 0.25) is 0 Å². The van der Waals surface area contributed by atoms with E-state index in [4.69, 9.17) is 4.74 Å². The van der Waals surface area contributed by atoms with E-state index < -0.39 is 5.97 Å². The van der Waals surface area contributed by atoms with Crippen LogP contribution in [0.4, 0.5) is 0 Å². The van der Waals surface area contributed by atoms with Crippen molar-refractivity contribution in [3.63, 3.8) is 0 Å². The molecular weight excluding hydrogens is 144 g/mol. The van der Waals surface area contributed by atoms with Gasteiger partial charge in [0.25, 0.3) is 0 Å². The van der Waals surface area contributed by atoms with Crippen LogP contribution < -0.4 is 0 Å². The molecule has 11 heavy (non-hydrogen) atoms. The van der Waals surface area contributed by atoms with Crippen LogP contribution in [0.2, 0.25) is 0 Å². The fraction of sp³-hybridized carbons (Fsp3) is 0.625. The van der Waals surface area contributed by atoms with Crippen molar-refractivity contribution in [2.24, 2.45) is 0 Å². The van der Waals surface area contributed by atoms with Crippen LogP contribution in [0, 0.1) is 11.8 Å². The summed E-state index contributed by atoms with van der Waals surface area (Å²) >= 11 is 0. The summed E-state index contributed by atoms with van der Waals surface area (Å²) in [6, 6.07) is 0. The molecule has 0 aliphatic carbocycles. The molecule has 0 heterocycles. The smallest absolute Gasteiger partial charge is 0.384 e. The predicted octanol–water partition coefficient (Wildman–Crippen LogP) is 0.588. The number of carbonyl (C=O) groups is 1. The Labute approximate surface area is 66.7 Å². The highest BCUT2D eigenvalue weighted by molar-refractivity contribution is 5.88. The Balaban J connectivity index is 3.62. The SMILES string of the molecule is COCC#CC(=O)OC(C)C. The van der Waals surface area contributed by atoms with Crippen LogP contribution in [-0.2, 0) is 14.3 Å². The molecule has 0 aromatic rings. The normalized spacial score (nSPS) is 8.73. The molecule has 0 fully saturated rings. The first-order valence-corrected chi connectivity index (χ1v) is 3.35. The number of hydrogen-bond donors (Lipinski definition) is 0. The highest BCUT2D eigenvalue weighted by Gasteiger charge is 1.98. The van der Waals surface area contributed by atoms with E-state index in [1.807, 2.05) is 0 Å². The van der Waals surface area contributed by atoms with Gasteiger partial charge in [-0.2, -0.15) is 0 Å². The quantitative estimate of drug-likeness (QED) is 0.333. The molecule has 0 aromatic heterocycles. The van der Waals surface area contributed by atoms with Gasteiger partial charge in [0.05, 0.1) is 6.10 Å². The molecule has 0 N–H and O–H groups in total. The van der Waals surface area contributed by atoms with Gasteiger partial charge in [-0.05, 0) is 13.8 Å². The molecule has 0 saturated heterocycles. The molecule has 3 nitrogen and oxygen atoms in total. The molecule has 0 unspecified atom stereocenters. The van der Waals surface area contributed by atoms with Crippen molar-refractivity contribution in [1.82, 2.24) is 0 Å². The molecule has 3 heteroatoms. The molecule has 0 spiro atoms. The fourth-order valence-electron chi connectivity index (χ4n) is 0.424. The van der Waals surface area contributed by atoms with Crippen molar-refractivity contribution in [1.29, 1.82) is 0 Å². The van der Waals surface area contributed by atoms with Crippen LogP contribution in [-0.4, -0.2) is 25.8 Å². The predicted molar refractivity (Wildman–Crippen MR) is 40.9 cm³/mol. The molecule has 0 atom stereocenters. The van der Waals surface area contributed by atoms with E-state index in [9.17, 15) is 4.79 Å². The number of hydrogen-bond acceptors (Lipinski definition) is 3. The lowest BCUT2D eigenvalue weighted by Crippen LogP contribution is -2.08. The van der Waals surface area contributed by atoms with Gasteiger partial charge in [0.15, 0.2) is 0 Å². The maximum Gasteiger partial charge on any atom is 0.384 e. The van der Waals surface area contributed by atoms with Crippen LogP contribution >= 0.6 is 0 Å². The Bertz CT molecular complexity index is 174. The molecule has 0 aromatic carbocycles. The van der Waals surface area contributed by atoms with E-state index in [1.54, 1.807) is 13.8 Å². The summed E-state index contributed by atoms with van der Waals surface area (Å²) in [5, 5.41) is 0. The summed E-state index contributed by atoms with van der Waals surface area (Å²) in [4.78, 5) is 10.7. The summed E-state index contributed by atoms with van der Waals surface area (Å²) < 4.78 is 9.34. The summed E-state index contributed by atoms with van der Waals surface area (Å²) in [7, 11) is 1.52. The maximum atomic E-state index is 10.7. The van der Waals surface area contributed by atoms with Crippen LogP contribution in [0.5, 0.6) is 0 Å². The van der Waals surface area contributed by atoms with Gasteiger partial charge in [-0.1, -0.05) is 5.92 Å². The summed E-state index contributed by atoms with van der Waals surface area (Å²) in [6.45, 7) is 3.80. The standard InChI is InChI=1S/C8H12O3/c1-7(2)11-8(9)5-4-6-10-3/h7H,6H2,1-3H3. The largest absolute Gasteiger partial charge is 0.453 e. The third kappa shape index (κ3) is 6.88. The summed E-state index contributed by atoms with van der Waals surface area (Å²) in [6.07, 6.45) is -0.112. The lowest BCUT2D eigenvalue weighted by atomic mass is 10.5. The van der Waals surface area contributed by atoms with Crippen molar-refractivity contribution in [3.05, 3.63) is 0 Å². The molecular formula is C8H12O3. The first kappa shape index (κ1) is 9.99. The Morgan fingerprint density at radius 1 is 1.55 bits per heavy atom. The monoisotopic (exact) mass is 156 g/mol. The van der Waals surface area contributed by atoms with Crippen LogP contribution in [0.3, 0.4) is 0 Å². The first-order chi connectivity index (χ1) is 5.16. The average molecular weight is 156 g/mol. The second-order valence-electron chi connectivity index (χ2n) is 2.19. The van der Waals surface area contributed by atoms with Crippen LogP contribution in [0.15, 0.2) is 0 Å². The van der Waals surface area contributed by atoms with Crippen molar-refractivity contribution < 1.29 is 14.3 Å². The molecule has 62 valence electrons. The highest BCUT2D eigenvalue weighted by atomic mass is 16.5. The Morgan fingerprint density at radius 3 is 2.64 bits per heavy atom. The number of ether oxygens (including phenoxy) is 2. The minimum atomic E-state index is -0.503. The van der Waals surface area contributed by atoms with Gasteiger partial charge in [-0.25, -0.2) is 4.79 Å². The number of methoxy groups -OCH3 is 1. The molecule has 0 saturated carbocycles. The van der Waals surface area contributed by atoms with Gasteiger partial charge in [-0.15, -0.1) is 0 Å². The lowest BCUT2D eigenvalue weighted by Gasteiger charge is -2.01. The number of rotatable bonds is 2. The van der Waals surface area contributed by atoms with E-state index in [1.165, 1.54) is 7.11 Å². The zero-order chi connectivity index (χ0) is 8.69. The van der Waals surface area contributed by atoms with Crippen molar-refractivity contribution in [3.8, 4) is 11.8 Å². The zero-order valence-electron chi connectivity index (χ0n) is 7.01. The fourth-order valence-corrected chi connectivity index (χ4v) is 0.424. The van der Waals surface area contributed by atoms with Gasteiger partial charge < -0.3 is 9.47 Å². The highest BCUT2D eigenvalue weighted by Crippen LogP contribution is 1.86. The first-order valence-electron chi connectivity index (χ1n) is 3.35. The van der Waals surface area contributed by atoms with Crippen LogP contribution in [0.1, 0.15) is 13.8 Å². The van der Waals surface area contributed by atoms with Gasteiger partial charge in [0.1, 0.15) is 6.61 Å². The van der Waals surface area contributed by atoms with Gasteiger partial charge in [-0.3, -0.25) is 0 Å². The molecule has 0 amide bonds. The topological polar surface area (TPSA) is 35.5 Å². The Kier molecular flexibility index (Phi) is 5.22. The molecule has 0 rings (SSSR count).